The number of anilines is 2. The van der Waals surface area contributed by atoms with Gasteiger partial charge in [-0.15, -0.1) is 11.3 Å². The molecule has 3 aromatic rings. The first-order chi connectivity index (χ1) is 19.4. The Morgan fingerprint density at radius 2 is 1.50 bits per heavy atom. The van der Waals surface area contributed by atoms with Crippen molar-refractivity contribution >= 4 is 39.0 Å². The topological polar surface area (TPSA) is 137 Å². The third kappa shape index (κ3) is 4.87. The molecular weight excluding hydrogens is 526 g/mol. The van der Waals surface area contributed by atoms with Gasteiger partial charge >= 0.3 is 0 Å². The van der Waals surface area contributed by atoms with E-state index >= 15 is 0 Å². The molecule has 5 rings (SSSR count). The lowest BCUT2D eigenvalue weighted by atomic mass is 9.88. The monoisotopic (exact) mass is 563 g/mol. The van der Waals surface area contributed by atoms with E-state index in [1.807, 2.05) is 0 Å². The number of benzene rings is 1. The second kappa shape index (κ2) is 11.8. The number of nitrogens with zero attached hydrogens (tertiary/aromatic N) is 3. The van der Waals surface area contributed by atoms with Gasteiger partial charge in [-0.2, -0.15) is 5.26 Å². The molecule has 4 N–H and O–H groups in total. The van der Waals surface area contributed by atoms with E-state index in [4.69, 9.17) is 25.7 Å². The summed E-state index contributed by atoms with van der Waals surface area (Å²) in [5, 5.41) is 10.7. The number of nitrogen functional groups attached to an aromatic ring is 2. The van der Waals surface area contributed by atoms with Crippen LogP contribution in [0, 0.1) is 11.3 Å². The Hall–Kier alpha value is -3.71. The largest absolute Gasteiger partial charge is 0.493 e. The van der Waals surface area contributed by atoms with Gasteiger partial charge in [0, 0.05) is 23.0 Å². The Bertz CT molecular complexity index is 1410. The number of aromatic nitrogens is 1. The van der Waals surface area contributed by atoms with Gasteiger partial charge in [0.05, 0.1) is 27.0 Å². The fourth-order valence-corrected chi connectivity index (χ4v) is 7.48. The lowest BCUT2D eigenvalue weighted by molar-refractivity contribution is 0.0454. The van der Waals surface area contributed by atoms with Crippen LogP contribution in [0.15, 0.2) is 12.1 Å². The highest BCUT2D eigenvalue weighted by molar-refractivity contribution is 7.21. The van der Waals surface area contributed by atoms with E-state index in [0.29, 0.717) is 49.2 Å². The molecule has 0 bridgehead atoms. The number of methoxy groups -OCH3 is 3. The average molecular weight is 564 g/mol. The van der Waals surface area contributed by atoms with E-state index in [0.717, 1.165) is 51.4 Å². The molecule has 0 atom stereocenters. The minimum atomic E-state index is -0.0350. The van der Waals surface area contributed by atoms with Crippen molar-refractivity contribution in [2.75, 3.05) is 32.8 Å². The molecule has 0 saturated heterocycles. The molecule has 0 radical (unpaired) electrons. The number of fused-ring (bicyclic) bond motifs is 1. The summed E-state index contributed by atoms with van der Waals surface area (Å²) in [6.07, 6.45) is 11.1. The van der Waals surface area contributed by atoms with Crippen molar-refractivity contribution in [3.05, 3.63) is 22.6 Å². The zero-order valence-electron chi connectivity index (χ0n) is 23.4. The van der Waals surface area contributed by atoms with Crippen LogP contribution in [0.1, 0.15) is 79.4 Å². The van der Waals surface area contributed by atoms with Gasteiger partial charge in [-0.25, -0.2) is 4.98 Å². The van der Waals surface area contributed by atoms with Crippen LogP contribution in [0.25, 0.3) is 21.3 Å². The molecule has 0 unspecified atom stereocenters. The van der Waals surface area contributed by atoms with E-state index in [-0.39, 0.29) is 29.4 Å². The third-order valence-electron chi connectivity index (χ3n) is 8.33. The van der Waals surface area contributed by atoms with Gasteiger partial charge in [-0.1, -0.05) is 38.5 Å². The Kier molecular flexibility index (Phi) is 8.22. The normalized spacial score (nSPS) is 16.4. The third-order valence-corrected chi connectivity index (χ3v) is 9.42. The van der Waals surface area contributed by atoms with Gasteiger partial charge in [0.15, 0.2) is 11.5 Å². The van der Waals surface area contributed by atoms with E-state index < -0.39 is 0 Å². The highest BCUT2D eigenvalue weighted by atomic mass is 32.1. The number of nitriles is 1. The summed E-state index contributed by atoms with van der Waals surface area (Å²) >= 11 is 1.25. The summed E-state index contributed by atoms with van der Waals surface area (Å²) in [5.41, 5.74) is 14.8. The molecule has 0 aliphatic heterocycles. The Morgan fingerprint density at radius 3 is 1.98 bits per heavy atom. The molecular formula is C30H37N5O4S. The standard InChI is InChI=1S/C30H37N5O4S/c1-37-21-14-17(15-22(38-2)26(21)39-3)23-20(16-31)28(33)34-29-24(23)25(32)27(40-29)30(36)35(18-10-6-4-7-11-18)19-12-8-5-9-13-19/h14-15,18-19H,4-13,32H2,1-3H3,(H2,33,34). The lowest BCUT2D eigenvalue weighted by Gasteiger charge is -2.41. The van der Waals surface area contributed by atoms with Gasteiger partial charge in [0.2, 0.25) is 5.75 Å². The minimum Gasteiger partial charge on any atom is -0.493 e. The fraction of sp³-hybridized carbons (Fsp3) is 0.500. The number of rotatable bonds is 7. The van der Waals surface area contributed by atoms with Crippen LogP contribution in [0.4, 0.5) is 11.5 Å². The number of pyridine rings is 1. The van der Waals surface area contributed by atoms with Crippen molar-refractivity contribution in [3.8, 4) is 34.4 Å². The summed E-state index contributed by atoms with van der Waals surface area (Å²) in [6.45, 7) is 0. The Labute approximate surface area is 239 Å². The van der Waals surface area contributed by atoms with E-state index in [9.17, 15) is 10.1 Å². The minimum absolute atomic E-state index is 0.0350. The molecule has 212 valence electrons. The Morgan fingerprint density at radius 1 is 0.950 bits per heavy atom. The molecule has 2 aliphatic carbocycles. The van der Waals surface area contributed by atoms with Gasteiger partial charge in [-0.05, 0) is 43.4 Å². The molecule has 2 aliphatic rings. The highest BCUT2D eigenvalue weighted by Crippen LogP contribution is 2.48. The first kappa shape index (κ1) is 27.8. The second-order valence-corrected chi connectivity index (χ2v) is 11.6. The SMILES string of the molecule is COc1cc(-c2c(C#N)c(N)nc3sc(C(=O)N(C4CCCCC4)C4CCCCC4)c(N)c23)cc(OC)c1OC. The Balaban J connectivity index is 1.70. The van der Waals surface area contributed by atoms with Crippen molar-refractivity contribution in [1.29, 1.82) is 5.26 Å². The molecule has 10 heteroatoms. The van der Waals surface area contributed by atoms with Crippen LogP contribution in [0.3, 0.4) is 0 Å². The first-order valence-corrected chi connectivity index (χ1v) is 14.8. The van der Waals surface area contributed by atoms with E-state index in [2.05, 4.69) is 16.0 Å². The van der Waals surface area contributed by atoms with Crippen LogP contribution in [0.5, 0.6) is 17.2 Å². The van der Waals surface area contributed by atoms with Crippen LogP contribution in [0.2, 0.25) is 0 Å². The van der Waals surface area contributed by atoms with Crippen LogP contribution in [-0.4, -0.2) is 49.2 Å². The molecule has 40 heavy (non-hydrogen) atoms. The number of amides is 1. The van der Waals surface area contributed by atoms with E-state index in [1.165, 1.54) is 45.5 Å². The predicted molar refractivity (Wildman–Crippen MR) is 158 cm³/mol. The van der Waals surface area contributed by atoms with Gasteiger partial charge in [0.25, 0.3) is 5.91 Å². The average Bonchev–Trinajstić information content (AvgIpc) is 3.32. The number of ether oxygens (including phenoxy) is 3. The molecule has 1 aromatic carbocycles. The number of nitrogens with two attached hydrogens (primary N) is 2. The maximum atomic E-state index is 14.4. The summed E-state index contributed by atoms with van der Waals surface area (Å²) in [5.74, 6) is 1.32. The molecule has 2 aromatic heterocycles. The van der Waals surface area contributed by atoms with Crippen LogP contribution >= 0.6 is 11.3 Å². The number of hydrogen-bond donors (Lipinski definition) is 2. The van der Waals surface area contributed by atoms with E-state index in [1.54, 1.807) is 12.1 Å². The van der Waals surface area contributed by atoms with Crippen LogP contribution < -0.4 is 25.7 Å². The number of thiophene rings is 1. The highest BCUT2D eigenvalue weighted by Gasteiger charge is 2.36. The number of hydrogen-bond acceptors (Lipinski definition) is 9. The van der Waals surface area contributed by atoms with Gasteiger partial charge in [0.1, 0.15) is 27.2 Å². The number of carbonyl (C=O) groups excluding carboxylic acids is 1. The second-order valence-electron chi connectivity index (χ2n) is 10.6. The van der Waals surface area contributed by atoms with Crippen molar-refractivity contribution in [2.45, 2.75) is 76.3 Å². The molecule has 0 spiro atoms. The summed E-state index contributed by atoms with van der Waals surface area (Å²) in [4.78, 5) is 22.0. The quantitative estimate of drug-likeness (QED) is 0.350. The zero-order chi connectivity index (χ0) is 28.4. The molecule has 2 fully saturated rings. The number of carbonyl (C=O) groups is 1. The zero-order valence-corrected chi connectivity index (χ0v) is 24.2. The smallest absolute Gasteiger partial charge is 0.266 e. The summed E-state index contributed by atoms with van der Waals surface area (Å²) < 4.78 is 16.6. The maximum absolute atomic E-state index is 14.4. The lowest BCUT2D eigenvalue weighted by Crippen LogP contribution is -2.48. The maximum Gasteiger partial charge on any atom is 0.266 e. The fourth-order valence-electron chi connectivity index (χ4n) is 6.42. The molecule has 9 nitrogen and oxygen atoms in total. The van der Waals surface area contributed by atoms with Crippen molar-refractivity contribution in [1.82, 2.24) is 9.88 Å². The molecule has 2 heterocycles. The first-order valence-electron chi connectivity index (χ1n) is 14.0. The molecule has 1 amide bonds. The molecule has 2 saturated carbocycles. The van der Waals surface area contributed by atoms with Crippen molar-refractivity contribution in [2.24, 2.45) is 0 Å². The van der Waals surface area contributed by atoms with Gasteiger partial charge in [-0.3, -0.25) is 4.79 Å². The van der Waals surface area contributed by atoms with Crippen molar-refractivity contribution < 1.29 is 19.0 Å². The van der Waals surface area contributed by atoms with Gasteiger partial charge < -0.3 is 30.6 Å². The summed E-state index contributed by atoms with van der Waals surface area (Å²) in [6, 6.07) is 6.15. The summed E-state index contributed by atoms with van der Waals surface area (Å²) in [7, 11) is 4.59. The van der Waals surface area contributed by atoms with Crippen LogP contribution in [-0.2, 0) is 0 Å². The predicted octanol–water partition coefficient (Wildman–Crippen LogP) is 6.13. The van der Waals surface area contributed by atoms with Crippen molar-refractivity contribution in [3.63, 3.8) is 0 Å².